The monoisotopic (exact) mass is 318 g/mol. The number of allylic oxidation sites excluding steroid dienone is 2. The van der Waals surface area contributed by atoms with Crippen LogP contribution in [-0.2, 0) is 6.42 Å². The van der Waals surface area contributed by atoms with E-state index in [1.165, 1.54) is 18.4 Å². The predicted molar refractivity (Wildman–Crippen MR) is 93.5 cm³/mol. The van der Waals surface area contributed by atoms with Gasteiger partial charge in [-0.3, -0.25) is 9.79 Å². The summed E-state index contributed by atoms with van der Waals surface area (Å²) < 4.78 is 0. The highest BCUT2D eigenvalue weighted by molar-refractivity contribution is 6.31. The lowest BCUT2D eigenvalue weighted by Gasteiger charge is -2.15. The Morgan fingerprint density at radius 1 is 1.36 bits per heavy atom. The Morgan fingerprint density at radius 3 is 2.73 bits per heavy atom. The molecule has 1 amide bonds. The molecule has 0 unspecified atom stereocenters. The molecule has 1 N–H and O–H groups in total. The van der Waals surface area contributed by atoms with Gasteiger partial charge in [0.05, 0.1) is 11.3 Å². The number of halogens is 1. The standard InChI is InChI=1S/C18H23ClN2O/c1-4-13-10-15(19)11-16(18(22)20-3)17(13)21-12(2)14-8-6-5-7-9-14/h8,10-11H,4-7,9H2,1-3H3,(H,20,22). The topological polar surface area (TPSA) is 41.5 Å². The van der Waals surface area contributed by atoms with E-state index in [1.807, 2.05) is 19.9 Å². The van der Waals surface area contributed by atoms with Crippen LogP contribution in [0.3, 0.4) is 0 Å². The van der Waals surface area contributed by atoms with Crippen LogP contribution in [0.2, 0.25) is 5.02 Å². The number of carbonyl (C=O) groups is 1. The second kappa shape index (κ2) is 7.59. The van der Waals surface area contributed by atoms with E-state index in [2.05, 4.69) is 11.4 Å². The van der Waals surface area contributed by atoms with Crippen LogP contribution in [0, 0.1) is 0 Å². The minimum Gasteiger partial charge on any atom is -0.355 e. The first kappa shape index (κ1) is 16.8. The van der Waals surface area contributed by atoms with Crippen molar-refractivity contribution in [3.8, 4) is 0 Å². The number of amides is 1. The van der Waals surface area contributed by atoms with E-state index >= 15 is 0 Å². The zero-order valence-electron chi connectivity index (χ0n) is 13.5. The summed E-state index contributed by atoms with van der Waals surface area (Å²) in [5.41, 5.74) is 4.59. The van der Waals surface area contributed by atoms with Gasteiger partial charge in [0.15, 0.2) is 0 Å². The summed E-state index contributed by atoms with van der Waals surface area (Å²) >= 11 is 6.15. The third-order valence-electron chi connectivity index (χ3n) is 4.04. The van der Waals surface area contributed by atoms with Crippen molar-refractivity contribution in [3.63, 3.8) is 0 Å². The van der Waals surface area contributed by atoms with Gasteiger partial charge >= 0.3 is 0 Å². The maximum Gasteiger partial charge on any atom is 0.253 e. The molecule has 22 heavy (non-hydrogen) atoms. The van der Waals surface area contributed by atoms with Gasteiger partial charge in [-0.05, 0) is 62.3 Å². The smallest absolute Gasteiger partial charge is 0.253 e. The molecule has 1 aliphatic rings. The molecular formula is C18H23ClN2O. The van der Waals surface area contributed by atoms with Crippen LogP contribution in [0.1, 0.15) is 55.5 Å². The van der Waals surface area contributed by atoms with Crippen LogP contribution < -0.4 is 5.32 Å². The normalized spacial score (nSPS) is 15.5. The molecule has 118 valence electrons. The van der Waals surface area contributed by atoms with Crippen molar-refractivity contribution in [1.82, 2.24) is 5.32 Å². The fourth-order valence-electron chi connectivity index (χ4n) is 2.77. The molecule has 0 radical (unpaired) electrons. The number of rotatable bonds is 4. The molecule has 1 aromatic rings. The average molecular weight is 319 g/mol. The molecule has 0 heterocycles. The minimum absolute atomic E-state index is 0.152. The van der Waals surface area contributed by atoms with Crippen LogP contribution in [-0.4, -0.2) is 18.7 Å². The van der Waals surface area contributed by atoms with Crippen molar-refractivity contribution >= 4 is 28.9 Å². The van der Waals surface area contributed by atoms with Crippen molar-refractivity contribution < 1.29 is 4.79 Å². The van der Waals surface area contributed by atoms with Crippen molar-refractivity contribution in [2.45, 2.75) is 46.0 Å². The summed E-state index contributed by atoms with van der Waals surface area (Å²) in [7, 11) is 1.62. The number of nitrogens with one attached hydrogen (secondary N) is 1. The highest BCUT2D eigenvalue weighted by Gasteiger charge is 2.16. The lowest BCUT2D eigenvalue weighted by atomic mass is 9.96. The van der Waals surface area contributed by atoms with E-state index in [9.17, 15) is 4.79 Å². The summed E-state index contributed by atoms with van der Waals surface area (Å²) in [5, 5.41) is 3.24. The summed E-state index contributed by atoms with van der Waals surface area (Å²) in [5.74, 6) is -0.152. The van der Waals surface area contributed by atoms with Gasteiger partial charge in [-0.2, -0.15) is 0 Å². The number of hydrogen-bond donors (Lipinski definition) is 1. The predicted octanol–water partition coefficient (Wildman–Crippen LogP) is 4.85. The first-order chi connectivity index (χ1) is 10.6. The maximum absolute atomic E-state index is 12.2. The Kier molecular flexibility index (Phi) is 5.78. The number of aliphatic imine (C=N–C) groups is 1. The quantitative estimate of drug-likeness (QED) is 0.792. The van der Waals surface area contributed by atoms with Gasteiger partial charge in [0.25, 0.3) is 5.91 Å². The first-order valence-electron chi connectivity index (χ1n) is 7.86. The Morgan fingerprint density at radius 2 is 2.14 bits per heavy atom. The third-order valence-corrected chi connectivity index (χ3v) is 4.26. The maximum atomic E-state index is 12.2. The summed E-state index contributed by atoms with van der Waals surface area (Å²) in [6.07, 6.45) is 7.70. The Bertz CT molecular complexity index is 632. The Labute approximate surface area is 137 Å². The zero-order valence-corrected chi connectivity index (χ0v) is 14.3. The number of aryl methyl sites for hydroxylation is 1. The summed E-state index contributed by atoms with van der Waals surface area (Å²) in [6, 6.07) is 3.59. The highest BCUT2D eigenvalue weighted by atomic mass is 35.5. The Balaban J connectivity index is 2.52. The molecule has 0 spiro atoms. The highest BCUT2D eigenvalue weighted by Crippen LogP contribution is 2.31. The van der Waals surface area contributed by atoms with E-state index in [-0.39, 0.29) is 5.91 Å². The van der Waals surface area contributed by atoms with Gasteiger partial charge < -0.3 is 5.32 Å². The first-order valence-corrected chi connectivity index (χ1v) is 8.23. The Hall–Kier alpha value is -1.61. The third kappa shape index (κ3) is 3.77. The second-order valence-electron chi connectivity index (χ2n) is 5.57. The number of benzene rings is 1. The van der Waals surface area contributed by atoms with Gasteiger partial charge in [-0.25, -0.2) is 0 Å². The molecule has 3 nitrogen and oxygen atoms in total. The fourth-order valence-corrected chi connectivity index (χ4v) is 3.01. The molecular weight excluding hydrogens is 296 g/mol. The van der Waals surface area contributed by atoms with Crippen LogP contribution in [0.15, 0.2) is 28.8 Å². The molecule has 1 aliphatic carbocycles. The molecule has 0 fully saturated rings. The van der Waals surface area contributed by atoms with Crippen LogP contribution >= 0.6 is 11.6 Å². The minimum atomic E-state index is -0.152. The van der Waals surface area contributed by atoms with Crippen molar-refractivity contribution in [2.24, 2.45) is 4.99 Å². The van der Waals surface area contributed by atoms with Gasteiger partial charge in [-0.15, -0.1) is 0 Å². The van der Waals surface area contributed by atoms with Gasteiger partial charge in [0.1, 0.15) is 0 Å². The lowest BCUT2D eigenvalue weighted by Crippen LogP contribution is -2.18. The lowest BCUT2D eigenvalue weighted by molar-refractivity contribution is 0.0963. The molecule has 0 aromatic heterocycles. The number of nitrogens with zero attached hydrogens (tertiary/aromatic N) is 1. The van der Waals surface area contributed by atoms with Gasteiger partial charge in [-0.1, -0.05) is 24.6 Å². The van der Waals surface area contributed by atoms with Crippen molar-refractivity contribution in [3.05, 3.63) is 39.9 Å². The summed E-state index contributed by atoms with van der Waals surface area (Å²) in [4.78, 5) is 17.0. The van der Waals surface area contributed by atoms with E-state index < -0.39 is 0 Å². The molecule has 0 atom stereocenters. The molecule has 4 heteroatoms. The SMILES string of the molecule is CCc1cc(Cl)cc(C(=O)NC)c1N=C(C)C1=CCCCC1. The van der Waals surface area contributed by atoms with Crippen molar-refractivity contribution in [2.75, 3.05) is 7.05 Å². The molecule has 0 bridgehead atoms. The fraction of sp³-hybridized carbons (Fsp3) is 0.444. The van der Waals surface area contributed by atoms with Crippen LogP contribution in [0.4, 0.5) is 5.69 Å². The second-order valence-corrected chi connectivity index (χ2v) is 6.00. The number of carbonyl (C=O) groups excluding carboxylic acids is 1. The summed E-state index contributed by atoms with van der Waals surface area (Å²) in [6.45, 7) is 4.08. The van der Waals surface area contributed by atoms with Crippen LogP contribution in [0.25, 0.3) is 0 Å². The molecule has 2 rings (SSSR count). The largest absolute Gasteiger partial charge is 0.355 e. The molecule has 0 saturated heterocycles. The van der Waals surface area contributed by atoms with Gasteiger partial charge in [0, 0.05) is 17.8 Å². The average Bonchev–Trinajstić information content (AvgIpc) is 2.55. The van der Waals surface area contributed by atoms with E-state index in [0.29, 0.717) is 10.6 Å². The van der Waals surface area contributed by atoms with E-state index in [1.54, 1.807) is 13.1 Å². The van der Waals surface area contributed by atoms with E-state index in [4.69, 9.17) is 16.6 Å². The molecule has 0 aliphatic heterocycles. The van der Waals surface area contributed by atoms with Crippen LogP contribution in [0.5, 0.6) is 0 Å². The zero-order chi connectivity index (χ0) is 16.1. The van der Waals surface area contributed by atoms with Gasteiger partial charge in [0.2, 0.25) is 0 Å². The van der Waals surface area contributed by atoms with E-state index in [0.717, 1.165) is 36.2 Å². The number of hydrogen-bond acceptors (Lipinski definition) is 2. The van der Waals surface area contributed by atoms with Crippen molar-refractivity contribution in [1.29, 1.82) is 0 Å². The molecule has 0 saturated carbocycles. The molecule has 1 aromatic carbocycles.